The number of halogens is 2. The first-order valence-electron chi connectivity index (χ1n) is 6.03. The number of allylic oxidation sites excluding steroid dienone is 8. The second-order valence-corrected chi connectivity index (χ2v) is 13.2. The zero-order chi connectivity index (χ0) is 14.1. The Labute approximate surface area is 223 Å². The first-order valence-corrected chi connectivity index (χ1v) is 14.1. The Hall–Kier alpha value is 2.76. The maximum atomic E-state index is 3.30. The van der Waals surface area contributed by atoms with Crippen molar-refractivity contribution in [3.63, 3.8) is 0 Å². The molecule has 8 heteroatoms. The summed E-state index contributed by atoms with van der Waals surface area (Å²) < 4.78 is 6.60. The molecule has 0 unspecified atom stereocenters. The van der Waals surface area contributed by atoms with Crippen molar-refractivity contribution < 1.29 is 77.2 Å². The molecular formula is C16H14As4Cl2Zr2-2. The van der Waals surface area contributed by atoms with Gasteiger partial charge in [-0.3, -0.25) is 12.2 Å². The third-order valence-corrected chi connectivity index (χ3v) is 12.6. The van der Waals surface area contributed by atoms with E-state index in [1.54, 1.807) is 0 Å². The van der Waals surface area contributed by atoms with Crippen molar-refractivity contribution in [2.75, 3.05) is 0 Å². The van der Waals surface area contributed by atoms with E-state index in [0.29, 0.717) is 62.1 Å². The summed E-state index contributed by atoms with van der Waals surface area (Å²) in [7, 11) is 0. The summed E-state index contributed by atoms with van der Waals surface area (Å²) in [6, 6.07) is 0. The molecule has 0 amide bonds. The monoisotopic (exact) mass is 756 g/mol. The van der Waals surface area contributed by atoms with Crippen molar-refractivity contribution in [2.24, 2.45) is 0 Å². The Bertz CT molecular complexity index is 354. The van der Waals surface area contributed by atoms with E-state index in [9.17, 15) is 0 Å². The second-order valence-electron chi connectivity index (χ2n) is 3.32. The minimum Gasteiger partial charge on any atom is -1.00 e. The van der Waals surface area contributed by atoms with Gasteiger partial charge < -0.3 is 24.8 Å². The molecule has 2 aliphatic heterocycles. The van der Waals surface area contributed by atoms with Crippen LogP contribution < -0.4 is 24.8 Å². The molecule has 0 fully saturated rings. The predicted molar refractivity (Wildman–Crippen MR) is 94.5 cm³/mol. The molecule has 0 aromatic carbocycles. The van der Waals surface area contributed by atoms with Gasteiger partial charge in [0.15, 0.2) is 0 Å². The van der Waals surface area contributed by atoms with Crippen LogP contribution in [0.15, 0.2) is 55.9 Å². The number of hydrogen-bond acceptors (Lipinski definition) is 0. The third kappa shape index (κ3) is 27.0. The molecule has 4 aliphatic rings. The molecule has 0 atom stereocenters. The van der Waals surface area contributed by atoms with Crippen LogP contribution in [0.25, 0.3) is 0 Å². The molecule has 0 N–H and O–H groups in total. The van der Waals surface area contributed by atoms with E-state index in [-0.39, 0.29) is 77.2 Å². The van der Waals surface area contributed by atoms with E-state index in [4.69, 9.17) is 0 Å². The topological polar surface area (TPSA) is 0 Å². The predicted octanol–water partition coefficient (Wildman–Crippen LogP) is -4.35. The third-order valence-electron chi connectivity index (χ3n) is 1.83. The van der Waals surface area contributed by atoms with E-state index < -0.39 is 0 Å². The summed E-state index contributed by atoms with van der Waals surface area (Å²) in [5, 5.41) is 0. The smallest absolute Gasteiger partial charge is 1.00 e. The van der Waals surface area contributed by atoms with E-state index in [1.165, 1.54) is 0 Å². The van der Waals surface area contributed by atoms with E-state index in [0.717, 1.165) is 12.8 Å². The van der Waals surface area contributed by atoms with Crippen LogP contribution in [0.2, 0.25) is 0 Å². The van der Waals surface area contributed by atoms with Gasteiger partial charge in [0, 0.05) is 0 Å². The van der Waals surface area contributed by atoms with Gasteiger partial charge in [-0.1, -0.05) is 0 Å². The van der Waals surface area contributed by atoms with Crippen molar-refractivity contribution in [2.45, 2.75) is 12.8 Å². The van der Waals surface area contributed by atoms with Crippen LogP contribution in [0, 0.1) is 12.2 Å². The number of hydrogen-bond donors (Lipinski definition) is 0. The first-order chi connectivity index (χ1) is 10.0. The van der Waals surface area contributed by atoms with Gasteiger partial charge in [0.25, 0.3) is 0 Å². The Morgan fingerprint density at radius 2 is 1.04 bits per heavy atom. The molecular weight excluding hydrogens is 745 g/mol. The van der Waals surface area contributed by atoms with Gasteiger partial charge in [0.2, 0.25) is 0 Å². The maximum Gasteiger partial charge on any atom is 2.00 e. The van der Waals surface area contributed by atoms with Crippen molar-refractivity contribution in [1.29, 1.82) is 0 Å². The van der Waals surface area contributed by atoms with Crippen LogP contribution in [-0.4, -0.2) is 69.3 Å². The molecule has 24 heavy (non-hydrogen) atoms. The Morgan fingerprint density at radius 1 is 0.625 bits per heavy atom. The van der Waals surface area contributed by atoms with Crippen LogP contribution >= 0.6 is 0 Å². The molecule has 0 spiro atoms. The van der Waals surface area contributed by atoms with E-state index in [2.05, 4.69) is 50.9 Å². The molecule has 0 aromatic heterocycles. The van der Waals surface area contributed by atoms with Crippen molar-refractivity contribution in [1.82, 2.24) is 0 Å². The average Bonchev–Trinajstić information content (AvgIpc) is 3.40. The molecule has 0 aromatic rings. The molecule has 2 heterocycles. The van der Waals surface area contributed by atoms with Gasteiger partial charge in [0.05, 0.1) is 0 Å². The van der Waals surface area contributed by atoms with Gasteiger partial charge in [-0.25, -0.2) is 24.3 Å². The van der Waals surface area contributed by atoms with Crippen LogP contribution in [0.3, 0.4) is 0 Å². The second kappa shape index (κ2) is 30.5. The fourth-order valence-electron chi connectivity index (χ4n) is 1.01. The fourth-order valence-corrected chi connectivity index (χ4v) is 9.68. The summed E-state index contributed by atoms with van der Waals surface area (Å²) in [4.78, 5) is 9.04. The quantitative estimate of drug-likeness (QED) is 0.173. The van der Waals surface area contributed by atoms with E-state index in [1.807, 2.05) is 24.3 Å². The summed E-state index contributed by atoms with van der Waals surface area (Å²) >= 11 is 1.86. The van der Waals surface area contributed by atoms with Gasteiger partial charge in [-0.2, -0.15) is 12.2 Å². The molecule has 122 valence electrons. The SMILES string of the molecule is [C-]1=CC=CC1.[C-]1=CC=CC1.[C-]1=[As]C=C[As]1.[C-]1=[As]C=C[As]1.[Cl-].[Cl-].[Zr+2].[Zr+2]. The zero-order valence-electron chi connectivity index (χ0n) is 12.7. The summed E-state index contributed by atoms with van der Waals surface area (Å²) in [5.41, 5.74) is 0. The van der Waals surface area contributed by atoms with Crippen molar-refractivity contribution >= 4 is 69.3 Å². The Balaban J connectivity index is -0.000000105. The Kier molecular flexibility index (Phi) is 43.5. The zero-order valence-corrected chi connectivity index (χ0v) is 26.7. The molecule has 0 saturated heterocycles. The minimum atomic E-state index is 0. The molecule has 2 radical (unpaired) electrons. The maximum absolute atomic E-state index is 3.30. The summed E-state index contributed by atoms with van der Waals surface area (Å²) in [6.45, 7) is 0. The molecule has 2 aliphatic carbocycles. The minimum absolute atomic E-state index is 0. The van der Waals surface area contributed by atoms with E-state index >= 15 is 0 Å². The number of rotatable bonds is 0. The molecule has 0 saturated carbocycles. The largest absolute Gasteiger partial charge is 2.00 e. The van der Waals surface area contributed by atoms with Crippen LogP contribution in [-0.2, 0) is 52.4 Å². The molecule has 0 bridgehead atoms. The van der Waals surface area contributed by atoms with Crippen molar-refractivity contribution in [3.8, 4) is 0 Å². The van der Waals surface area contributed by atoms with Crippen molar-refractivity contribution in [3.05, 3.63) is 68.1 Å². The fraction of sp³-hybridized carbons (Fsp3) is 0.125. The molecule has 4 rings (SSSR count). The summed E-state index contributed by atoms with van der Waals surface area (Å²) in [5.74, 6) is 0. The summed E-state index contributed by atoms with van der Waals surface area (Å²) in [6.07, 6.45) is 20.0. The van der Waals surface area contributed by atoms with Crippen LogP contribution in [0.4, 0.5) is 0 Å². The standard InChI is InChI=1S/2C5H5.2C3H2As2.2ClH.2Zr/c2*1-2-4-5-3-1;2*1-2-5-3-4-1;;;;/h2*1-3H,4H2;2*1-2H;2*1H;;/q4*-1;;;2*+2/p-2. The average molecular weight is 759 g/mol. The first kappa shape index (κ1) is 34.3. The van der Waals surface area contributed by atoms with Gasteiger partial charge in [0.1, 0.15) is 0 Å². The van der Waals surface area contributed by atoms with Gasteiger partial charge in [-0.15, -0.1) is 12.8 Å². The van der Waals surface area contributed by atoms with Crippen LogP contribution in [0.1, 0.15) is 12.8 Å². The van der Waals surface area contributed by atoms with Gasteiger partial charge in [-0.05, 0) is 0 Å². The normalized spacial score (nSPS) is 18.0. The van der Waals surface area contributed by atoms with Gasteiger partial charge >= 0.3 is 141 Å². The Morgan fingerprint density at radius 3 is 1.12 bits per heavy atom. The van der Waals surface area contributed by atoms with Crippen LogP contribution in [0.5, 0.6) is 0 Å². The molecule has 0 nitrogen and oxygen atoms in total.